The summed E-state index contributed by atoms with van der Waals surface area (Å²) < 4.78 is 3.61. The van der Waals surface area contributed by atoms with E-state index >= 15 is 0 Å². The molecular weight excluding hydrogens is 362 g/mol. The van der Waals surface area contributed by atoms with E-state index in [1.807, 2.05) is 33.6 Å². The molecule has 4 rings (SSSR count). The van der Waals surface area contributed by atoms with Crippen LogP contribution in [-0.2, 0) is 11.3 Å². The first-order valence-corrected chi connectivity index (χ1v) is 10.5. The lowest BCUT2D eigenvalue weighted by molar-refractivity contribution is -0.127. The number of rotatable bonds is 6. The van der Waals surface area contributed by atoms with Crippen molar-refractivity contribution in [2.24, 2.45) is 0 Å². The zero-order valence-electron chi connectivity index (χ0n) is 15.4. The van der Waals surface area contributed by atoms with Gasteiger partial charge in [-0.2, -0.15) is 0 Å². The molecule has 0 radical (unpaired) electrons. The molecule has 1 aliphatic rings. The highest BCUT2D eigenvalue weighted by atomic mass is 32.2. The summed E-state index contributed by atoms with van der Waals surface area (Å²) in [6.45, 7) is 4.40. The van der Waals surface area contributed by atoms with Crippen LogP contribution in [0.25, 0.3) is 16.7 Å². The number of amides is 1. The fourth-order valence-corrected chi connectivity index (χ4v) is 4.37. The van der Waals surface area contributed by atoms with Gasteiger partial charge in [0.2, 0.25) is 11.7 Å². The number of hydrogen-bond acceptors (Lipinski definition) is 5. The van der Waals surface area contributed by atoms with Crippen molar-refractivity contribution < 1.29 is 4.79 Å². The zero-order chi connectivity index (χ0) is 18.8. The predicted molar refractivity (Wildman–Crippen MR) is 106 cm³/mol. The normalized spacial score (nSPS) is 14.5. The Bertz CT molecular complexity index is 1040. The average Bonchev–Trinajstić information content (AvgIpc) is 3.36. The molecule has 1 aliphatic heterocycles. The molecule has 142 valence electrons. The minimum absolute atomic E-state index is 0.0383. The maximum absolute atomic E-state index is 12.9. The number of fused-ring (bicyclic) bond motifs is 3. The SMILES string of the molecule is CCCCn1c(=O)c2ccccc2n2c(SCC(=O)N3CCCC3)nnc12. The Labute approximate surface area is 161 Å². The number of benzene rings is 1. The third-order valence-electron chi connectivity index (χ3n) is 5.00. The second-order valence-electron chi connectivity index (χ2n) is 6.82. The van der Waals surface area contributed by atoms with Gasteiger partial charge in [-0.25, -0.2) is 0 Å². The Morgan fingerprint density at radius 3 is 2.74 bits per heavy atom. The summed E-state index contributed by atoms with van der Waals surface area (Å²) >= 11 is 1.39. The van der Waals surface area contributed by atoms with Crippen LogP contribution in [0.5, 0.6) is 0 Å². The Morgan fingerprint density at radius 1 is 1.19 bits per heavy atom. The summed E-state index contributed by atoms with van der Waals surface area (Å²) in [5.41, 5.74) is 0.745. The van der Waals surface area contributed by atoms with E-state index < -0.39 is 0 Å². The van der Waals surface area contributed by atoms with Gasteiger partial charge in [-0.3, -0.25) is 18.6 Å². The molecule has 0 aliphatic carbocycles. The van der Waals surface area contributed by atoms with Crippen LogP contribution in [0.1, 0.15) is 32.6 Å². The lowest BCUT2D eigenvalue weighted by atomic mass is 10.2. The Morgan fingerprint density at radius 2 is 1.96 bits per heavy atom. The van der Waals surface area contributed by atoms with Gasteiger partial charge < -0.3 is 4.90 Å². The van der Waals surface area contributed by atoms with Gasteiger partial charge >= 0.3 is 0 Å². The Hall–Kier alpha value is -2.35. The number of aromatic nitrogens is 4. The van der Waals surface area contributed by atoms with Crippen LogP contribution in [0.15, 0.2) is 34.2 Å². The van der Waals surface area contributed by atoms with E-state index in [0.717, 1.165) is 44.3 Å². The number of thioether (sulfide) groups is 1. The number of carbonyl (C=O) groups excluding carboxylic acids is 1. The van der Waals surface area contributed by atoms with Gasteiger partial charge in [0.15, 0.2) is 5.16 Å². The molecule has 3 heterocycles. The largest absolute Gasteiger partial charge is 0.342 e. The molecule has 1 aromatic carbocycles. The van der Waals surface area contributed by atoms with Crippen LogP contribution in [0.2, 0.25) is 0 Å². The van der Waals surface area contributed by atoms with E-state index in [-0.39, 0.29) is 11.5 Å². The topological polar surface area (TPSA) is 72.5 Å². The van der Waals surface area contributed by atoms with Gasteiger partial charge in [0.05, 0.1) is 16.7 Å². The number of nitrogens with zero attached hydrogens (tertiary/aromatic N) is 5. The molecule has 0 N–H and O–H groups in total. The lowest BCUT2D eigenvalue weighted by Crippen LogP contribution is -2.29. The highest BCUT2D eigenvalue weighted by Gasteiger charge is 2.21. The van der Waals surface area contributed by atoms with Crippen LogP contribution in [0.3, 0.4) is 0 Å². The third kappa shape index (κ3) is 3.34. The second-order valence-corrected chi connectivity index (χ2v) is 7.76. The first kappa shape index (κ1) is 18.0. The third-order valence-corrected chi connectivity index (χ3v) is 5.91. The summed E-state index contributed by atoms with van der Waals surface area (Å²) in [4.78, 5) is 27.2. The van der Waals surface area contributed by atoms with E-state index in [2.05, 4.69) is 17.1 Å². The lowest BCUT2D eigenvalue weighted by Gasteiger charge is -2.14. The number of hydrogen-bond donors (Lipinski definition) is 0. The van der Waals surface area contributed by atoms with Crippen molar-refractivity contribution >= 4 is 34.3 Å². The number of para-hydroxylation sites is 1. The van der Waals surface area contributed by atoms with Crippen molar-refractivity contribution in [3.63, 3.8) is 0 Å². The minimum atomic E-state index is -0.0383. The monoisotopic (exact) mass is 385 g/mol. The molecule has 0 saturated carbocycles. The standard InChI is InChI=1S/C19H23N5O2S/c1-2-3-12-23-17(26)14-8-4-5-9-15(14)24-18(23)20-21-19(24)27-13-16(25)22-10-6-7-11-22/h4-5,8-9H,2-3,6-7,10-13H2,1H3. The van der Waals surface area contributed by atoms with Gasteiger partial charge in [0.25, 0.3) is 5.56 Å². The van der Waals surface area contributed by atoms with Crippen LogP contribution < -0.4 is 5.56 Å². The van der Waals surface area contributed by atoms with Crippen LogP contribution in [-0.4, -0.2) is 48.8 Å². The molecule has 27 heavy (non-hydrogen) atoms. The molecule has 0 atom stereocenters. The number of unbranched alkanes of at least 4 members (excludes halogenated alkanes) is 1. The van der Waals surface area contributed by atoms with Crippen molar-refractivity contribution in [3.8, 4) is 0 Å². The van der Waals surface area contributed by atoms with Crippen molar-refractivity contribution in [1.29, 1.82) is 0 Å². The molecule has 1 amide bonds. The maximum atomic E-state index is 12.9. The molecule has 0 unspecified atom stereocenters. The molecule has 7 nitrogen and oxygen atoms in total. The fourth-order valence-electron chi connectivity index (χ4n) is 3.53. The van der Waals surface area contributed by atoms with Crippen molar-refractivity contribution in [2.75, 3.05) is 18.8 Å². The summed E-state index contributed by atoms with van der Waals surface area (Å²) in [5, 5.41) is 9.89. The fraction of sp³-hybridized carbons (Fsp3) is 0.474. The van der Waals surface area contributed by atoms with E-state index in [1.54, 1.807) is 4.57 Å². The van der Waals surface area contributed by atoms with Crippen molar-refractivity contribution in [3.05, 3.63) is 34.6 Å². The number of carbonyl (C=O) groups is 1. The van der Waals surface area contributed by atoms with Gasteiger partial charge in [0, 0.05) is 19.6 Å². The molecule has 2 aromatic heterocycles. The van der Waals surface area contributed by atoms with Crippen molar-refractivity contribution in [1.82, 2.24) is 24.1 Å². The zero-order valence-corrected chi connectivity index (χ0v) is 16.2. The first-order valence-electron chi connectivity index (χ1n) is 9.48. The Kier molecular flexibility index (Phi) is 5.15. The molecule has 1 saturated heterocycles. The molecule has 1 fully saturated rings. The van der Waals surface area contributed by atoms with Gasteiger partial charge in [-0.05, 0) is 31.4 Å². The van der Waals surface area contributed by atoms with Crippen LogP contribution in [0, 0.1) is 0 Å². The predicted octanol–water partition coefficient (Wildman–Crippen LogP) is 2.56. The first-order chi connectivity index (χ1) is 13.2. The number of aryl methyl sites for hydroxylation is 1. The molecule has 3 aromatic rings. The van der Waals surface area contributed by atoms with E-state index in [1.165, 1.54) is 11.8 Å². The second kappa shape index (κ2) is 7.72. The summed E-state index contributed by atoms with van der Waals surface area (Å²) in [7, 11) is 0. The van der Waals surface area contributed by atoms with Crippen LogP contribution in [0.4, 0.5) is 0 Å². The average molecular weight is 385 g/mol. The summed E-state index contributed by atoms with van der Waals surface area (Å²) in [5.74, 6) is 1.02. The quantitative estimate of drug-likeness (QED) is 0.610. The molecule has 0 spiro atoms. The summed E-state index contributed by atoms with van der Waals surface area (Å²) in [6.07, 6.45) is 4.05. The minimum Gasteiger partial charge on any atom is -0.342 e. The van der Waals surface area contributed by atoms with Gasteiger partial charge in [-0.15, -0.1) is 10.2 Å². The summed E-state index contributed by atoms with van der Waals surface area (Å²) in [6, 6.07) is 7.52. The van der Waals surface area contributed by atoms with E-state index in [9.17, 15) is 9.59 Å². The van der Waals surface area contributed by atoms with Crippen molar-refractivity contribution in [2.45, 2.75) is 44.3 Å². The maximum Gasteiger partial charge on any atom is 0.262 e. The molecular formula is C19H23N5O2S. The molecule has 0 bridgehead atoms. The smallest absolute Gasteiger partial charge is 0.262 e. The number of likely N-dealkylation sites (tertiary alicyclic amines) is 1. The highest BCUT2D eigenvalue weighted by molar-refractivity contribution is 7.99. The van der Waals surface area contributed by atoms with Crippen LogP contribution >= 0.6 is 11.8 Å². The molecule has 8 heteroatoms. The van der Waals surface area contributed by atoms with E-state index in [4.69, 9.17) is 0 Å². The highest BCUT2D eigenvalue weighted by Crippen LogP contribution is 2.22. The van der Waals surface area contributed by atoms with Gasteiger partial charge in [-0.1, -0.05) is 37.2 Å². The Balaban J connectivity index is 1.74. The van der Waals surface area contributed by atoms with Gasteiger partial charge in [0.1, 0.15) is 0 Å². The van der Waals surface area contributed by atoms with E-state index in [0.29, 0.717) is 28.6 Å².